The number of hydrogen-bond donors (Lipinski definition) is 1. The molecule has 3 heterocycles. The van der Waals surface area contributed by atoms with Crippen LogP contribution in [0.15, 0.2) is 12.4 Å². The fourth-order valence-corrected chi connectivity index (χ4v) is 3.55. The molecule has 3 fully saturated rings. The van der Waals surface area contributed by atoms with Gasteiger partial charge in [0.2, 0.25) is 0 Å². The molecule has 22 heavy (non-hydrogen) atoms. The molecule has 120 valence electrons. The Morgan fingerprint density at radius 1 is 1.36 bits per heavy atom. The minimum absolute atomic E-state index is 0.0435. The van der Waals surface area contributed by atoms with E-state index >= 15 is 0 Å². The van der Waals surface area contributed by atoms with Crippen LogP contribution in [0.4, 0.5) is 10.5 Å². The third-order valence-electron chi connectivity index (χ3n) is 5.23. The van der Waals surface area contributed by atoms with Gasteiger partial charge >= 0.3 is 6.03 Å². The van der Waals surface area contributed by atoms with E-state index in [1.165, 1.54) is 0 Å². The van der Waals surface area contributed by atoms with Gasteiger partial charge in [-0.05, 0) is 19.3 Å². The number of aliphatic hydroxyl groups is 1. The summed E-state index contributed by atoms with van der Waals surface area (Å²) in [5.74, 6) is 0. The Labute approximate surface area is 130 Å². The summed E-state index contributed by atoms with van der Waals surface area (Å²) < 4.78 is 1.96. The number of rotatable bonds is 4. The van der Waals surface area contributed by atoms with Gasteiger partial charge in [-0.25, -0.2) is 4.79 Å². The van der Waals surface area contributed by atoms with Crippen LogP contribution in [0.1, 0.15) is 25.3 Å². The zero-order valence-corrected chi connectivity index (χ0v) is 13.0. The molecular weight excluding hydrogens is 282 g/mol. The molecule has 2 aliphatic heterocycles. The lowest BCUT2D eigenvalue weighted by atomic mass is 9.79. The molecule has 0 bridgehead atoms. The average molecular weight is 305 g/mol. The normalized spacial score (nSPS) is 25.5. The third-order valence-corrected chi connectivity index (χ3v) is 5.23. The van der Waals surface area contributed by atoms with Gasteiger partial charge in [0.25, 0.3) is 0 Å². The van der Waals surface area contributed by atoms with E-state index in [1.54, 1.807) is 16.0 Å². The largest absolute Gasteiger partial charge is 0.389 e. The number of aromatic nitrogens is 2. The van der Waals surface area contributed by atoms with Crippen LogP contribution in [0.5, 0.6) is 0 Å². The van der Waals surface area contributed by atoms with Crippen LogP contribution in [0.2, 0.25) is 0 Å². The SMILES string of the molecule is CN1CCN(c2cnn(C3CN(CC4(O)CCC4)C3)c2)C1=O. The molecule has 7 heteroatoms. The first kappa shape index (κ1) is 14.0. The summed E-state index contributed by atoms with van der Waals surface area (Å²) in [4.78, 5) is 17.8. The van der Waals surface area contributed by atoms with E-state index in [4.69, 9.17) is 0 Å². The van der Waals surface area contributed by atoms with E-state index in [9.17, 15) is 9.90 Å². The standard InChI is InChI=1S/C15H23N5O2/c1-17-5-6-19(14(17)21)12-7-16-20(10-12)13-8-18(9-13)11-15(22)3-2-4-15/h7,10,13,22H,2-6,8-9,11H2,1H3. The van der Waals surface area contributed by atoms with Gasteiger partial charge in [0, 0.05) is 46.0 Å². The monoisotopic (exact) mass is 305 g/mol. The highest BCUT2D eigenvalue weighted by Crippen LogP contribution is 2.35. The number of amides is 2. The second kappa shape index (κ2) is 4.96. The Bertz CT molecular complexity index is 576. The van der Waals surface area contributed by atoms with Crippen LogP contribution in [0.25, 0.3) is 0 Å². The lowest BCUT2D eigenvalue weighted by Crippen LogP contribution is -2.56. The second-order valence-electron chi connectivity index (χ2n) is 6.96. The summed E-state index contributed by atoms with van der Waals surface area (Å²) in [6, 6.07) is 0.398. The molecule has 0 unspecified atom stereocenters. The van der Waals surface area contributed by atoms with Crippen molar-refractivity contribution in [1.29, 1.82) is 0 Å². The summed E-state index contributed by atoms with van der Waals surface area (Å²) in [7, 11) is 1.82. The Hall–Kier alpha value is -1.60. The van der Waals surface area contributed by atoms with Crippen molar-refractivity contribution in [3.05, 3.63) is 12.4 Å². The first-order valence-electron chi connectivity index (χ1n) is 8.06. The number of carbonyl (C=O) groups excluding carboxylic acids is 1. The van der Waals surface area contributed by atoms with E-state index in [0.717, 1.165) is 57.7 Å². The summed E-state index contributed by atoms with van der Waals surface area (Å²) >= 11 is 0. The quantitative estimate of drug-likeness (QED) is 0.881. The van der Waals surface area contributed by atoms with Crippen molar-refractivity contribution in [2.75, 3.05) is 44.7 Å². The number of likely N-dealkylation sites (tertiary alicyclic amines) is 1. The molecule has 2 saturated heterocycles. The first-order valence-corrected chi connectivity index (χ1v) is 8.06. The molecule has 0 aromatic carbocycles. The van der Waals surface area contributed by atoms with Crippen molar-refractivity contribution < 1.29 is 9.90 Å². The summed E-state index contributed by atoms with van der Waals surface area (Å²) in [5, 5.41) is 14.6. The van der Waals surface area contributed by atoms with Crippen LogP contribution >= 0.6 is 0 Å². The van der Waals surface area contributed by atoms with Gasteiger partial charge in [-0.15, -0.1) is 0 Å². The Kier molecular flexibility index (Phi) is 3.16. The van der Waals surface area contributed by atoms with Gasteiger partial charge in [0.1, 0.15) is 0 Å². The molecule has 4 rings (SSSR count). The van der Waals surface area contributed by atoms with Gasteiger partial charge in [-0.1, -0.05) is 0 Å². The molecule has 0 spiro atoms. The van der Waals surface area contributed by atoms with E-state index in [2.05, 4.69) is 10.00 Å². The molecule has 1 saturated carbocycles. The minimum Gasteiger partial charge on any atom is -0.389 e. The molecule has 0 radical (unpaired) electrons. The zero-order chi connectivity index (χ0) is 15.3. The van der Waals surface area contributed by atoms with Crippen LogP contribution < -0.4 is 4.90 Å². The lowest BCUT2D eigenvalue weighted by Gasteiger charge is -2.46. The summed E-state index contributed by atoms with van der Waals surface area (Å²) in [6.07, 6.45) is 6.76. The fourth-order valence-electron chi connectivity index (χ4n) is 3.55. The molecule has 1 N–H and O–H groups in total. The summed E-state index contributed by atoms with van der Waals surface area (Å²) in [6.45, 7) is 4.13. The molecule has 3 aliphatic rings. The van der Waals surface area contributed by atoms with Crippen molar-refractivity contribution in [3.63, 3.8) is 0 Å². The maximum Gasteiger partial charge on any atom is 0.324 e. The number of hydrogen-bond acceptors (Lipinski definition) is 4. The highest BCUT2D eigenvalue weighted by Gasteiger charge is 2.40. The molecule has 7 nitrogen and oxygen atoms in total. The molecule has 1 aromatic heterocycles. The van der Waals surface area contributed by atoms with E-state index in [-0.39, 0.29) is 6.03 Å². The Morgan fingerprint density at radius 2 is 2.14 bits per heavy atom. The van der Waals surface area contributed by atoms with Crippen LogP contribution in [-0.4, -0.2) is 76.1 Å². The predicted molar refractivity (Wildman–Crippen MR) is 81.9 cm³/mol. The number of β-amino-alcohol motifs (C(OH)–C–C–N with tert-alkyl or cyclic N) is 1. The lowest BCUT2D eigenvalue weighted by molar-refractivity contribution is -0.0792. The van der Waals surface area contributed by atoms with Gasteiger partial charge in [0.05, 0.1) is 23.5 Å². The van der Waals surface area contributed by atoms with Crippen molar-refractivity contribution in [2.24, 2.45) is 0 Å². The summed E-state index contributed by atoms with van der Waals surface area (Å²) in [5.41, 5.74) is 0.442. The minimum atomic E-state index is -0.438. The number of nitrogens with zero attached hydrogens (tertiary/aromatic N) is 5. The highest BCUT2D eigenvalue weighted by atomic mass is 16.3. The maximum atomic E-state index is 12.0. The average Bonchev–Trinajstić information content (AvgIpc) is 3.00. The second-order valence-corrected chi connectivity index (χ2v) is 6.96. The van der Waals surface area contributed by atoms with Crippen molar-refractivity contribution in [1.82, 2.24) is 19.6 Å². The number of likely N-dealkylation sites (N-methyl/N-ethyl adjacent to an activating group) is 1. The van der Waals surface area contributed by atoms with E-state index < -0.39 is 5.60 Å². The van der Waals surface area contributed by atoms with Crippen molar-refractivity contribution in [2.45, 2.75) is 30.9 Å². The Balaban J connectivity index is 1.34. The highest BCUT2D eigenvalue weighted by molar-refractivity contribution is 5.93. The number of anilines is 1. The predicted octanol–water partition coefficient (Wildman–Crippen LogP) is 0.527. The smallest absolute Gasteiger partial charge is 0.324 e. The van der Waals surface area contributed by atoms with Crippen LogP contribution in [0.3, 0.4) is 0 Å². The van der Waals surface area contributed by atoms with Crippen LogP contribution in [0, 0.1) is 0 Å². The molecule has 1 aliphatic carbocycles. The van der Waals surface area contributed by atoms with Gasteiger partial charge in [0.15, 0.2) is 0 Å². The van der Waals surface area contributed by atoms with Gasteiger partial charge in [-0.2, -0.15) is 5.10 Å². The molecule has 1 aromatic rings. The van der Waals surface area contributed by atoms with E-state index in [0.29, 0.717) is 6.04 Å². The van der Waals surface area contributed by atoms with Gasteiger partial charge in [-0.3, -0.25) is 14.5 Å². The Morgan fingerprint density at radius 3 is 2.73 bits per heavy atom. The molecule has 0 atom stereocenters. The third kappa shape index (κ3) is 2.28. The van der Waals surface area contributed by atoms with E-state index in [1.807, 2.05) is 17.9 Å². The topological polar surface area (TPSA) is 64.8 Å². The van der Waals surface area contributed by atoms with Gasteiger partial charge < -0.3 is 10.0 Å². The zero-order valence-electron chi connectivity index (χ0n) is 13.0. The molecule has 2 amide bonds. The number of carbonyl (C=O) groups is 1. The number of urea groups is 1. The fraction of sp³-hybridized carbons (Fsp3) is 0.733. The first-order chi connectivity index (χ1) is 10.5. The van der Waals surface area contributed by atoms with Crippen molar-refractivity contribution >= 4 is 11.7 Å². The van der Waals surface area contributed by atoms with Crippen LogP contribution in [-0.2, 0) is 0 Å². The van der Waals surface area contributed by atoms with Crippen molar-refractivity contribution in [3.8, 4) is 0 Å². The maximum absolute atomic E-state index is 12.0. The molecular formula is C15H23N5O2.